The van der Waals surface area contributed by atoms with Crippen molar-refractivity contribution in [2.24, 2.45) is 0 Å². The maximum atomic E-state index is 12.2. The topological polar surface area (TPSA) is 76.7 Å². The molecule has 5 heteroatoms. The summed E-state index contributed by atoms with van der Waals surface area (Å²) in [6, 6.07) is 9.20. The normalized spacial score (nSPS) is 10.8. The molecule has 0 saturated carbocycles. The Hall–Kier alpha value is -2.56. The van der Waals surface area contributed by atoms with Gasteiger partial charge in [0.15, 0.2) is 0 Å². The zero-order valence-electron chi connectivity index (χ0n) is 8.92. The van der Waals surface area contributed by atoms with E-state index < -0.39 is 0 Å². The molecule has 17 heavy (non-hydrogen) atoms. The van der Waals surface area contributed by atoms with Crippen molar-refractivity contribution in [3.63, 3.8) is 0 Å². The number of aromatic nitrogens is 3. The third-order valence-electron chi connectivity index (χ3n) is 2.66. The Balaban J connectivity index is 2.24. The van der Waals surface area contributed by atoms with Crippen LogP contribution in [0.2, 0.25) is 0 Å². The smallest absolute Gasteiger partial charge is 0.282 e. The van der Waals surface area contributed by atoms with Crippen molar-refractivity contribution < 1.29 is 4.79 Å². The first-order valence-corrected chi connectivity index (χ1v) is 5.18. The minimum Gasteiger partial charge on any atom is -0.385 e. The van der Waals surface area contributed by atoms with Crippen molar-refractivity contribution in [1.29, 1.82) is 0 Å². The lowest BCUT2D eigenvalue weighted by Crippen LogP contribution is -2.13. The number of nitrogens with zero attached hydrogens (tertiary/aromatic N) is 2. The van der Waals surface area contributed by atoms with E-state index >= 15 is 0 Å². The van der Waals surface area contributed by atoms with Gasteiger partial charge >= 0.3 is 0 Å². The van der Waals surface area contributed by atoms with Crippen molar-refractivity contribution in [2.45, 2.75) is 0 Å². The van der Waals surface area contributed by atoms with Crippen LogP contribution in [0.1, 0.15) is 10.4 Å². The van der Waals surface area contributed by atoms with Gasteiger partial charge in [-0.1, -0.05) is 18.2 Å². The highest BCUT2D eigenvalue weighted by molar-refractivity contribution is 6.11. The molecule has 0 unspecified atom stereocenters. The fourth-order valence-electron chi connectivity index (χ4n) is 1.90. The Labute approximate surface area is 96.9 Å². The van der Waals surface area contributed by atoms with Gasteiger partial charge in [-0.25, -0.2) is 4.68 Å². The minimum atomic E-state index is -0.232. The Morgan fingerprint density at radius 2 is 2.12 bits per heavy atom. The lowest BCUT2D eigenvalue weighted by Gasteiger charge is -2.00. The number of carbonyl (C=O) groups is 1. The molecule has 0 aliphatic rings. The second-order valence-electron chi connectivity index (χ2n) is 3.72. The molecule has 3 aromatic rings. The van der Waals surface area contributed by atoms with E-state index in [1.165, 1.54) is 4.68 Å². The molecule has 0 spiro atoms. The van der Waals surface area contributed by atoms with Crippen LogP contribution in [0.25, 0.3) is 10.9 Å². The number of H-pyrrole nitrogens is 1. The molecule has 2 aromatic heterocycles. The first-order valence-electron chi connectivity index (χ1n) is 5.18. The number of benzene rings is 1. The lowest BCUT2D eigenvalue weighted by molar-refractivity contribution is 0.0947. The Kier molecular flexibility index (Phi) is 1.98. The second-order valence-corrected chi connectivity index (χ2v) is 3.72. The van der Waals surface area contributed by atoms with Crippen LogP contribution in [-0.2, 0) is 0 Å². The van der Waals surface area contributed by atoms with Gasteiger partial charge in [-0.15, -0.1) is 0 Å². The van der Waals surface area contributed by atoms with E-state index in [2.05, 4.69) is 10.1 Å². The molecule has 0 aliphatic heterocycles. The number of carbonyl (C=O) groups excluding carboxylic acids is 1. The predicted octanol–water partition coefficient (Wildman–Crippen LogP) is 1.64. The highest BCUT2D eigenvalue weighted by Crippen LogP contribution is 2.24. The van der Waals surface area contributed by atoms with Crippen molar-refractivity contribution in [1.82, 2.24) is 14.8 Å². The Morgan fingerprint density at radius 1 is 1.29 bits per heavy atom. The van der Waals surface area contributed by atoms with E-state index in [4.69, 9.17) is 5.73 Å². The van der Waals surface area contributed by atoms with Crippen LogP contribution >= 0.6 is 0 Å². The summed E-state index contributed by atoms with van der Waals surface area (Å²) in [6.07, 6.45) is 3.16. The standard InChI is InChI=1S/C12H10N4O/c13-11-10(12(17)16-7-3-6-14-16)8-4-1-2-5-9(8)15-11/h1-7,15H,13H2. The van der Waals surface area contributed by atoms with Gasteiger partial charge in [0.1, 0.15) is 5.82 Å². The molecule has 3 N–H and O–H groups in total. The summed E-state index contributed by atoms with van der Waals surface area (Å²) >= 11 is 0. The number of para-hydroxylation sites is 1. The van der Waals surface area contributed by atoms with Crippen LogP contribution in [0, 0.1) is 0 Å². The number of fused-ring (bicyclic) bond motifs is 1. The maximum Gasteiger partial charge on any atom is 0.282 e. The van der Waals surface area contributed by atoms with Gasteiger partial charge in [0.05, 0.1) is 5.56 Å². The molecule has 0 fully saturated rings. The average Bonchev–Trinajstić information content (AvgIpc) is 2.94. The van der Waals surface area contributed by atoms with E-state index in [1.807, 2.05) is 24.3 Å². The first-order chi connectivity index (χ1) is 8.27. The summed E-state index contributed by atoms with van der Waals surface area (Å²) in [7, 11) is 0. The zero-order chi connectivity index (χ0) is 11.8. The summed E-state index contributed by atoms with van der Waals surface area (Å²) in [6.45, 7) is 0. The molecular formula is C12H10N4O. The molecule has 84 valence electrons. The van der Waals surface area contributed by atoms with Crippen LogP contribution in [0.5, 0.6) is 0 Å². The molecule has 0 radical (unpaired) electrons. The fourth-order valence-corrected chi connectivity index (χ4v) is 1.90. The average molecular weight is 226 g/mol. The van der Waals surface area contributed by atoms with Crippen LogP contribution in [0.4, 0.5) is 5.82 Å². The number of nitrogens with two attached hydrogens (primary N) is 1. The number of nitrogens with one attached hydrogen (secondary N) is 1. The minimum absolute atomic E-state index is 0.232. The molecule has 0 amide bonds. The van der Waals surface area contributed by atoms with E-state index in [-0.39, 0.29) is 5.91 Å². The third-order valence-corrected chi connectivity index (χ3v) is 2.66. The van der Waals surface area contributed by atoms with Gasteiger partial charge in [-0.05, 0) is 12.1 Å². The van der Waals surface area contributed by atoms with Crippen LogP contribution in [0.15, 0.2) is 42.7 Å². The van der Waals surface area contributed by atoms with Gasteiger partial charge in [-0.3, -0.25) is 4.79 Å². The summed E-state index contributed by atoms with van der Waals surface area (Å²) in [4.78, 5) is 15.2. The quantitative estimate of drug-likeness (QED) is 0.662. The molecule has 5 nitrogen and oxygen atoms in total. The molecule has 0 atom stereocenters. The second kappa shape index (κ2) is 3.48. The Morgan fingerprint density at radius 3 is 2.88 bits per heavy atom. The van der Waals surface area contributed by atoms with E-state index in [9.17, 15) is 4.79 Å². The van der Waals surface area contributed by atoms with Crippen LogP contribution in [0.3, 0.4) is 0 Å². The van der Waals surface area contributed by atoms with Crippen molar-refractivity contribution in [3.05, 3.63) is 48.3 Å². The van der Waals surface area contributed by atoms with Crippen LogP contribution in [-0.4, -0.2) is 20.7 Å². The van der Waals surface area contributed by atoms with E-state index in [0.717, 1.165) is 10.9 Å². The molecule has 3 rings (SSSR count). The zero-order valence-corrected chi connectivity index (χ0v) is 8.92. The largest absolute Gasteiger partial charge is 0.385 e. The maximum absolute atomic E-state index is 12.2. The van der Waals surface area contributed by atoms with E-state index in [1.54, 1.807) is 18.5 Å². The SMILES string of the molecule is Nc1[nH]c2ccccc2c1C(=O)n1cccn1. The molecule has 0 bridgehead atoms. The molecule has 0 saturated heterocycles. The predicted molar refractivity (Wildman–Crippen MR) is 64.7 cm³/mol. The number of rotatable bonds is 1. The highest BCUT2D eigenvalue weighted by Gasteiger charge is 2.18. The van der Waals surface area contributed by atoms with Gasteiger partial charge in [-0.2, -0.15) is 5.10 Å². The van der Waals surface area contributed by atoms with Crippen molar-refractivity contribution in [3.8, 4) is 0 Å². The summed E-state index contributed by atoms with van der Waals surface area (Å²) in [5, 5.41) is 4.73. The number of aromatic amines is 1. The van der Waals surface area contributed by atoms with Crippen molar-refractivity contribution >= 4 is 22.6 Å². The Bertz CT molecular complexity index is 682. The third kappa shape index (κ3) is 1.40. The summed E-state index contributed by atoms with van der Waals surface area (Å²) in [5.41, 5.74) is 7.15. The number of anilines is 1. The van der Waals surface area contributed by atoms with Crippen molar-refractivity contribution in [2.75, 3.05) is 5.73 Å². The summed E-state index contributed by atoms with van der Waals surface area (Å²) in [5.74, 6) is 0.136. The molecule has 1 aromatic carbocycles. The number of nitrogen functional groups attached to an aromatic ring is 1. The van der Waals surface area contributed by atoms with Crippen LogP contribution < -0.4 is 5.73 Å². The van der Waals surface area contributed by atoms with Gasteiger partial charge in [0.25, 0.3) is 5.91 Å². The lowest BCUT2D eigenvalue weighted by atomic mass is 10.1. The summed E-state index contributed by atoms with van der Waals surface area (Å²) < 4.78 is 1.27. The van der Waals surface area contributed by atoms with Gasteiger partial charge in [0, 0.05) is 23.3 Å². The van der Waals surface area contributed by atoms with Gasteiger partial charge < -0.3 is 10.7 Å². The monoisotopic (exact) mass is 226 g/mol. The fraction of sp³-hybridized carbons (Fsp3) is 0. The highest BCUT2D eigenvalue weighted by atomic mass is 16.2. The molecule has 2 heterocycles. The molecule has 0 aliphatic carbocycles. The van der Waals surface area contributed by atoms with Gasteiger partial charge in [0.2, 0.25) is 0 Å². The number of hydrogen-bond donors (Lipinski definition) is 2. The van der Waals surface area contributed by atoms with E-state index in [0.29, 0.717) is 11.4 Å². The first kappa shape index (κ1) is 9.65. The molecular weight excluding hydrogens is 216 g/mol. The number of hydrogen-bond acceptors (Lipinski definition) is 3.